The fourth-order valence-electron chi connectivity index (χ4n) is 5.09. The molecule has 0 saturated carbocycles. The molecule has 0 spiro atoms. The molecular weight excluding hydrogens is 493 g/mol. The Balaban J connectivity index is 1.72. The van der Waals surface area contributed by atoms with E-state index in [1.165, 1.54) is 6.07 Å². The van der Waals surface area contributed by atoms with Crippen LogP contribution in [0.25, 0.3) is 0 Å². The van der Waals surface area contributed by atoms with Gasteiger partial charge in [-0.1, -0.05) is 31.2 Å². The van der Waals surface area contributed by atoms with E-state index in [-0.39, 0.29) is 30.3 Å². The van der Waals surface area contributed by atoms with Crippen LogP contribution in [0.4, 0.5) is 4.39 Å². The van der Waals surface area contributed by atoms with Gasteiger partial charge in [-0.05, 0) is 48.8 Å². The van der Waals surface area contributed by atoms with Crippen LogP contribution in [-0.2, 0) is 14.3 Å². The summed E-state index contributed by atoms with van der Waals surface area (Å²) in [7, 11) is 3.15. The number of rotatable bonds is 9. The number of halogens is 1. The normalized spacial score (nSPS) is 19.3. The molecule has 6 nitrogen and oxygen atoms in total. The molecule has 2 aliphatic rings. The molecule has 2 aromatic rings. The Morgan fingerprint density at radius 3 is 2.57 bits per heavy atom. The summed E-state index contributed by atoms with van der Waals surface area (Å²) in [4.78, 5) is 27.0. The molecule has 2 atom stereocenters. The number of carbonyl (C=O) groups is 2. The third-order valence-corrected chi connectivity index (χ3v) is 7.67. The molecule has 0 saturated heterocycles. The number of nitrogens with one attached hydrogen (secondary N) is 1. The minimum Gasteiger partial charge on any atom is -0.493 e. The van der Waals surface area contributed by atoms with E-state index < -0.39 is 17.7 Å². The number of hydrogen-bond acceptors (Lipinski definition) is 7. The van der Waals surface area contributed by atoms with E-state index in [1.54, 1.807) is 51.1 Å². The summed E-state index contributed by atoms with van der Waals surface area (Å²) in [6.07, 6.45) is 0.768. The summed E-state index contributed by atoms with van der Waals surface area (Å²) >= 11 is 1.67. The fraction of sp³-hybridized carbons (Fsp3) is 0.379. The van der Waals surface area contributed by atoms with Gasteiger partial charge < -0.3 is 19.5 Å². The molecule has 0 unspecified atom stereocenters. The molecular formula is C29H32FNO5S. The molecule has 1 aliphatic carbocycles. The van der Waals surface area contributed by atoms with Crippen LogP contribution in [0.3, 0.4) is 0 Å². The van der Waals surface area contributed by atoms with Gasteiger partial charge in [0, 0.05) is 34.7 Å². The van der Waals surface area contributed by atoms with Crippen molar-refractivity contribution in [1.29, 1.82) is 0 Å². The molecule has 0 fully saturated rings. The van der Waals surface area contributed by atoms with Crippen molar-refractivity contribution < 1.29 is 28.2 Å². The highest BCUT2D eigenvalue weighted by molar-refractivity contribution is 7.99. The van der Waals surface area contributed by atoms with Gasteiger partial charge in [0.25, 0.3) is 0 Å². The van der Waals surface area contributed by atoms with Crippen LogP contribution in [0, 0.1) is 5.82 Å². The first-order valence-corrected chi connectivity index (χ1v) is 13.5. The number of carbonyl (C=O) groups excluding carboxylic acids is 2. The second-order valence-corrected chi connectivity index (χ2v) is 10.4. The zero-order valence-electron chi connectivity index (χ0n) is 21.6. The standard InChI is InChI=1S/C29H32FNO5S/c1-5-37-13-12-36-29(33)26-17(2)31-22-14-19(18-10-11-24(34-3)25(16-18)35-4)15-23(32)28(22)27(26)20-8-6-7-9-21(20)30/h6-11,16,19,27,31H,5,12-15H2,1-4H3/t19-,27-/m0/s1. The van der Waals surface area contributed by atoms with Crippen LogP contribution < -0.4 is 14.8 Å². The van der Waals surface area contributed by atoms with E-state index in [2.05, 4.69) is 5.32 Å². The van der Waals surface area contributed by atoms with Crippen molar-refractivity contribution in [3.05, 3.63) is 81.9 Å². The maximum Gasteiger partial charge on any atom is 0.336 e. The number of esters is 1. The summed E-state index contributed by atoms with van der Waals surface area (Å²) in [5, 5.41) is 3.31. The minimum atomic E-state index is -0.831. The average Bonchev–Trinajstić information content (AvgIpc) is 2.90. The van der Waals surface area contributed by atoms with Gasteiger partial charge in [-0.15, -0.1) is 0 Å². The second-order valence-electron chi connectivity index (χ2n) is 8.99. The predicted molar refractivity (Wildman–Crippen MR) is 142 cm³/mol. The summed E-state index contributed by atoms with van der Waals surface area (Å²) in [5.74, 6) is 0.748. The smallest absolute Gasteiger partial charge is 0.336 e. The van der Waals surface area contributed by atoms with Crippen LogP contribution >= 0.6 is 11.8 Å². The molecule has 1 N–H and O–H groups in total. The van der Waals surface area contributed by atoms with Crippen molar-refractivity contribution >= 4 is 23.5 Å². The van der Waals surface area contributed by atoms with Gasteiger partial charge in [0.05, 0.1) is 25.7 Å². The molecule has 0 aromatic heterocycles. The van der Waals surface area contributed by atoms with Crippen molar-refractivity contribution in [3.8, 4) is 11.5 Å². The van der Waals surface area contributed by atoms with Crippen LogP contribution in [0.15, 0.2) is 65.0 Å². The monoisotopic (exact) mass is 525 g/mol. The van der Waals surface area contributed by atoms with Crippen LogP contribution in [0.2, 0.25) is 0 Å². The van der Waals surface area contributed by atoms with Crippen molar-refractivity contribution in [1.82, 2.24) is 5.32 Å². The van der Waals surface area contributed by atoms with Crippen LogP contribution in [-0.4, -0.2) is 44.1 Å². The number of Topliss-reactive ketones (excluding diaryl/α,β-unsaturated/α-hetero) is 1. The van der Waals surface area contributed by atoms with Crippen molar-refractivity contribution in [2.45, 2.75) is 38.5 Å². The molecule has 4 rings (SSSR count). The first kappa shape index (κ1) is 26.8. The largest absolute Gasteiger partial charge is 0.493 e. The van der Waals surface area contributed by atoms with Crippen LogP contribution in [0.5, 0.6) is 11.5 Å². The Morgan fingerprint density at radius 1 is 1.11 bits per heavy atom. The fourth-order valence-corrected chi connectivity index (χ4v) is 5.58. The zero-order chi connectivity index (χ0) is 26.5. The Kier molecular flexibility index (Phi) is 8.59. The van der Waals surface area contributed by atoms with Gasteiger partial charge in [-0.3, -0.25) is 4.79 Å². The number of hydrogen-bond donors (Lipinski definition) is 1. The number of benzene rings is 2. The van der Waals surface area contributed by atoms with Gasteiger partial charge in [-0.25, -0.2) is 9.18 Å². The number of allylic oxidation sites excluding steroid dienone is 3. The average molecular weight is 526 g/mol. The molecule has 196 valence electrons. The van der Waals surface area contributed by atoms with Crippen molar-refractivity contribution in [2.24, 2.45) is 0 Å². The quantitative estimate of drug-likeness (QED) is 0.342. The summed E-state index contributed by atoms with van der Waals surface area (Å²) in [6.45, 7) is 4.06. The SMILES string of the molecule is CCSCCOC(=O)C1=C(C)NC2=C(C(=O)C[C@@H](c3ccc(OC)c(OC)c3)C2)[C@H]1c1ccccc1F. The van der Waals surface area contributed by atoms with Gasteiger partial charge in [-0.2, -0.15) is 11.8 Å². The highest BCUT2D eigenvalue weighted by atomic mass is 32.2. The molecule has 37 heavy (non-hydrogen) atoms. The first-order chi connectivity index (χ1) is 17.9. The molecule has 8 heteroatoms. The number of ketones is 1. The Bertz CT molecular complexity index is 1250. The van der Waals surface area contributed by atoms with Gasteiger partial charge >= 0.3 is 5.97 Å². The second kappa shape index (κ2) is 11.9. The zero-order valence-corrected chi connectivity index (χ0v) is 22.4. The highest BCUT2D eigenvalue weighted by Gasteiger charge is 2.42. The Morgan fingerprint density at radius 2 is 1.86 bits per heavy atom. The van der Waals surface area contributed by atoms with Gasteiger partial charge in [0.2, 0.25) is 0 Å². The van der Waals surface area contributed by atoms with Crippen molar-refractivity contribution in [3.63, 3.8) is 0 Å². The highest BCUT2D eigenvalue weighted by Crippen LogP contribution is 2.47. The first-order valence-electron chi connectivity index (χ1n) is 12.3. The molecule has 0 radical (unpaired) electrons. The lowest BCUT2D eigenvalue weighted by Gasteiger charge is -2.36. The molecule has 0 amide bonds. The van der Waals surface area contributed by atoms with Gasteiger partial charge in [0.1, 0.15) is 12.4 Å². The van der Waals surface area contributed by atoms with Gasteiger partial charge in [0.15, 0.2) is 17.3 Å². The number of methoxy groups -OCH3 is 2. The predicted octanol–water partition coefficient (Wildman–Crippen LogP) is 5.50. The summed E-state index contributed by atoms with van der Waals surface area (Å²) in [6, 6.07) is 12.0. The van der Waals surface area contributed by atoms with Crippen molar-refractivity contribution in [2.75, 3.05) is 32.3 Å². The lowest BCUT2D eigenvalue weighted by atomic mass is 9.71. The Labute approximate surface area is 221 Å². The summed E-state index contributed by atoms with van der Waals surface area (Å²) < 4.78 is 31.5. The van der Waals surface area contributed by atoms with E-state index >= 15 is 4.39 Å². The topological polar surface area (TPSA) is 73.9 Å². The van der Waals surface area contributed by atoms with E-state index in [9.17, 15) is 9.59 Å². The third kappa shape index (κ3) is 5.54. The van der Waals surface area contributed by atoms with E-state index in [4.69, 9.17) is 14.2 Å². The summed E-state index contributed by atoms with van der Waals surface area (Å²) in [5.41, 5.74) is 3.23. The van der Waals surface area contributed by atoms with E-state index in [0.29, 0.717) is 46.2 Å². The Hall–Kier alpha value is -3.26. The minimum absolute atomic E-state index is 0.104. The number of dihydropyridines is 1. The molecule has 0 bridgehead atoms. The number of ether oxygens (including phenoxy) is 3. The molecule has 1 heterocycles. The lowest BCUT2D eigenvalue weighted by Crippen LogP contribution is -2.36. The lowest BCUT2D eigenvalue weighted by molar-refractivity contribution is -0.138. The maximum absolute atomic E-state index is 15.1. The maximum atomic E-state index is 15.1. The molecule has 1 aliphatic heterocycles. The van der Waals surface area contributed by atoms with E-state index in [0.717, 1.165) is 11.3 Å². The molecule has 2 aromatic carbocycles. The van der Waals surface area contributed by atoms with E-state index in [1.807, 2.05) is 25.1 Å². The number of thioether (sulfide) groups is 1. The van der Waals surface area contributed by atoms with Crippen LogP contribution in [0.1, 0.15) is 49.7 Å². The third-order valence-electron chi connectivity index (χ3n) is 6.81.